The first-order chi connectivity index (χ1) is 13.3. The molecule has 3 aromatic heterocycles. The summed E-state index contributed by atoms with van der Waals surface area (Å²) >= 11 is 0. The number of halogens is 3. The van der Waals surface area contributed by atoms with Gasteiger partial charge in [-0.15, -0.1) is 0 Å². The topological polar surface area (TPSA) is 89.6 Å². The number of nitrogens with zero attached hydrogens (tertiary/aromatic N) is 3. The molecule has 142 valence electrons. The number of aryl methyl sites for hydroxylation is 1. The fourth-order valence-corrected chi connectivity index (χ4v) is 3.19. The number of benzene rings is 1. The fraction of sp³-hybridized carbons (Fsp3) is 0.105. The fourth-order valence-electron chi connectivity index (χ4n) is 3.19. The number of hydrogen-bond donors (Lipinski definition) is 2. The van der Waals surface area contributed by atoms with Gasteiger partial charge < -0.3 is 10.7 Å². The highest BCUT2D eigenvalue weighted by atomic mass is 19.4. The minimum atomic E-state index is -4.52. The summed E-state index contributed by atoms with van der Waals surface area (Å²) in [4.78, 5) is 23.3. The molecule has 4 aromatic rings. The minimum absolute atomic E-state index is 0.102. The van der Waals surface area contributed by atoms with Crippen LogP contribution in [0.5, 0.6) is 0 Å². The van der Waals surface area contributed by atoms with Crippen LogP contribution in [0.15, 0.2) is 49.1 Å². The van der Waals surface area contributed by atoms with Gasteiger partial charge >= 0.3 is 6.18 Å². The summed E-state index contributed by atoms with van der Waals surface area (Å²) in [6, 6.07) is 6.61. The van der Waals surface area contributed by atoms with Crippen molar-refractivity contribution >= 4 is 16.9 Å². The number of aromatic amines is 1. The van der Waals surface area contributed by atoms with Gasteiger partial charge in [0.25, 0.3) is 5.91 Å². The van der Waals surface area contributed by atoms with Crippen LogP contribution < -0.4 is 5.73 Å². The van der Waals surface area contributed by atoms with Crippen molar-refractivity contribution in [2.45, 2.75) is 13.1 Å². The smallest absolute Gasteiger partial charge is 0.366 e. The summed E-state index contributed by atoms with van der Waals surface area (Å²) in [7, 11) is 0. The number of rotatable bonds is 3. The lowest BCUT2D eigenvalue weighted by Gasteiger charge is -2.15. The largest absolute Gasteiger partial charge is 0.416 e. The Labute approximate surface area is 156 Å². The SMILES string of the molecule is Cc1ccc(C(F)(F)F)cc1-c1c(C(N)=O)ccn1-c1ncnc2[nH]ccc12. The number of primary amides is 1. The lowest BCUT2D eigenvalue weighted by atomic mass is 9.99. The summed E-state index contributed by atoms with van der Waals surface area (Å²) in [5.74, 6) is -0.324. The number of aromatic nitrogens is 4. The standard InChI is InChI=1S/C19H14F3N5O/c1-10-2-3-11(19(20,21)22)8-14(10)15-12(16(23)28)5-7-27(15)18-13-4-6-24-17(13)25-9-26-18/h2-9H,1H3,(H2,23,28)(H,24,25,26). The average Bonchev–Trinajstić information content (AvgIpc) is 3.27. The Morgan fingerprint density at radius 1 is 1.18 bits per heavy atom. The van der Waals surface area contributed by atoms with Gasteiger partial charge in [0, 0.05) is 18.0 Å². The molecule has 4 rings (SSSR count). The number of nitrogens with one attached hydrogen (secondary N) is 1. The number of nitrogens with two attached hydrogens (primary N) is 1. The predicted octanol–water partition coefficient (Wildman–Crippen LogP) is 3.84. The summed E-state index contributed by atoms with van der Waals surface area (Å²) in [6.07, 6.45) is 0.0525. The van der Waals surface area contributed by atoms with Crippen molar-refractivity contribution in [1.82, 2.24) is 19.5 Å². The molecule has 0 fully saturated rings. The summed E-state index contributed by atoms with van der Waals surface area (Å²) < 4.78 is 41.4. The summed E-state index contributed by atoms with van der Waals surface area (Å²) in [6.45, 7) is 1.67. The highest BCUT2D eigenvalue weighted by Crippen LogP contribution is 2.36. The van der Waals surface area contributed by atoms with E-state index in [1.54, 1.807) is 30.0 Å². The van der Waals surface area contributed by atoms with Gasteiger partial charge in [-0.05, 0) is 36.8 Å². The van der Waals surface area contributed by atoms with E-state index in [-0.39, 0.29) is 16.8 Å². The first-order valence-corrected chi connectivity index (χ1v) is 8.25. The van der Waals surface area contributed by atoms with Crippen LogP contribution in [-0.2, 0) is 6.18 Å². The lowest BCUT2D eigenvalue weighted by molar-refractivity contribution is -0.137. The van der Waals surface area contributed by atoms with Crippen LogP contribution in [0.4, 0.5) is 13.2 Å². The van der Waals surface area contributed by atoms with Gasteiger partial charge in [-0.3, -0.25) is 9.36 Å². The highest BCUT2D eigenvalue weighted by Gasteiger charge is 2.32. The van der Waals surface area contributed by atoms with Crippen LogP contribution in [0.2, 0.25) is 0 Å². The van der Waals surface area contributed by atoms with E-state index >= 15 is 0 Å². The van der Waals surface area contributed by atoms with Crippen LogP contribution in [0.25, 0.3) is 28.1 Å². The number of carbonyl (C=O) groups is 1. The molecule has 0 aliphatic rings. The van der Waals surface area contributed by atoms with Gasteiger partial charge in [-0.1, -0.05) is 6.07 Å². The van der Waals surface area contributed by atoms with E-state index < -0.39 is 17.6 Å². The third-order valence-electron chi connectivity index (χ3n) is 4.53. The maximum Gasteiger partial charge on any atom is 0.416 e. The average molecular weight is 385 g/mol. The van der Waals surface area contributed by atoms with Crippen molar-refractivity contribution in [3.05, 3.63) is 65.7 Å². The molecular weight excluding hydrogens is 371 g/mol. The van der Waals surface area contributed by atoms with E-state index in [0.29, 0.717) is 22.4 Å². The maximum atomic E-state index is 13.3. The molecular formula is C19H14F3N5O. The maximum absolute atomic E-state index is 13.3. The van der Waals surface area contributed by atoms with Crippen molar-refractivity contribution in [3.8, 4) is 17.1 Å². The molecule has 0 radical (unpaired) electrons. The van der Waals surface area contributed by atoms with Crippen LogP contribution in [0, 0.1) is 6.92 Å². The number of carbonyl (C=O) groups excluding carboxylic acids is 1. The van der Waals surface area contributed by atoms with E-state index in [4.69, 9.17) is 5.73 Å². The highest BCUT2D eigenvalue weighted by molar-refractivity contribution is 6.00. The predicted molar refractivity (Wildman–Crippen MR) is 96.9 cm³/mol. The molecule has 0 saturated carbocycles. The Hall–Kier alpha value is -3.62. The third kappa shape index (κ3) is 2.81. The molecule has 6 nitrogen and oxygen atoms in total. The Bertz CT molecular complexity index is 1210. The second-order valence-corrected chi connectivity index (χ2v) is 6.28. The first-order valence-electron chi connectivity index (χ1n) is 8.25. The van der Waals surface area contributed by atoms with Crippen LogP contribution >= 0.6 is 0 Å². The molecule has 0 spiro atoms. The molecule has 0 aliphatic carbocycles. The van der Waals surface area contributed by atoms with Crippen molar-refractivity contribution in [3.63, 3.8) is 0 Å². The zero-order valence-corrected chi connectivity index (χ0v) is 14.6. The van der Waals surface area contributed by atoms with E-state index in [2.05, 4.69) is 15.0 Å². The lowest BCUT2D eigenvalue weighted by Crippen LogP contribution is -2.13. The van der Waals surface area contributed by atoms with Gasteiger partial charge in [0.15, 0.2) is 0 Å². The quantitative estimate of drug-likeness (QED) is 0.561. The number of fused-ring (bicyclic) bond motifs is 1. The van der Waals surface area contributed by atoms with Gasteiger partial charge in [0.1, 0.15) is 17.8 Å². The summed E-state index contributed by atoms with van der Waals surface area (Å²) in [5.41, 5.74) is 6.40. The zero-order valence-electron chi connectivity index (χ0n) is 14.6. The molecule has 9 heteroatoms. The summed E-state index contributed by atoms with van der Waals surface area (Å²) in [5, 5.41) is 0.653. The molecule has 0 atom stereocenters. The van der Waals surface area contributed by atoms with E-state index in [1.807, 2.05) is 0 Å². The van der Waals surface area contributed by atoms with Gasteiger partial charge in [-0.2, -0.15) is 13.2 Å². The molecule has 0 aliphatic heterocycles. The van der Waals surface area contributed by atoms with Gasteiger partial charge in [0.05, 0.1) is 22.2 Å². The molecule has 1 amide bonds. The first kappa shape index (κ1) is 17.8. The Morgan fingerprint density at radius 2 is 1.96 bits per heavy atom. The van der Waals surface area contributed by atoms with Gasteiger partial charge in [-0.25, -0.2) is 9.97 Å². The normalized spacial score (nSPS) is 11.9. The van der Waals surface area contributed by atoms with E-state index in [9.17, 15) is 18.0 Å². The third-order valence-corrected chi connectivity index (χ3v) is 4.53. The zero-order chi connectivity index (χ0) is 20.1. The number of alkyl halides is 3. The van der Waals surface area contributed by atoms with E-state index in [0.717, 1.165) is 12.1 Å². The molecule has 0 saturated heterocycles. The number of hydrogen-bond acceptors (Lipinski definition) is 3. The molecule has 3 N–H and O–H groups in total. The Morgan fingerprint density at radius 3 is 2.68 bits per heavy atom. The van der Waals surface area contributed by atoms with Crippen molar-refractivity contribution < 1.29 is 18.0 Å². The molecule has 1 aromatic carbocycles. The van der Waals surface area contributed by atoms with Crippen LogP contribution in [0.3, 0.4) is 0 Å². The van der Waals surface area contributed by atoms with Crippen molar-refractivity contribution in [2.24, 2.45) is 5.73 Å². The molecule has 3 heterocycles. The molecule has 0 bridgehead atoms. The minimum Gasteiger partial charge on any atom is -0.366 e. The van der Waals surface area contributed by atoms with Crippen molar-refractivity contribution in [2.75, 3.05) is 0 Å². The van der Waals surface area contributed by atoms with Crippen molar-refractivity contribution in [1.29, 1.82) is 0 Å². The number of amides is 1. The second kappa shape index (κ2) is 6.22. The Balaban J connectivity index is 2.04. The van der Waals surface area contributed by atoms with Crippen LogP contribution in [0.1, 0.15) is 21.5 Å². The monoisotopic (exact) mass is 385 g/mol. The van der Waals surface area contributed by atoms with Gasteiger partial charge in [0.2, 0.25) is 0 Å². The number of H-pyrrole nitrogens is 1. The molecule has 0 unspecified atom stereocenters. The van der Waals surface area contributed by atoms with E-state index in [1.165, 1.54) is 18.5 Å². The Kier molecular flexibility index (Phi) is 3.95. The molecule has 28 heavy (non-hydrogen) atoms. The second-order valence-electron chi connectivity index (χ2n) is 6.28. The van der Waals surface area contributed by atoms with Crippen LogP contribution in [-0.4, -0.2) is 25.4 Å².